The molecule has 3 N–H and O–H groups in total. The van der Waals surface area contributed by atoms with Gasteiger partial charge in [0.2, 0.25) is 0 Å². The van der Waals surface area contributed by atoms with E-state index in [1.54, 1.807) is 0 Å². The van der Waals surface area contributed by atoms with E-state index in [1.165, 1.54) is 12.2 Å². The van der Waals surface area contributed by atoms with Crippen molar-refractivity contribution < 1.29 is 4.79 Å². The molecule has 0 radical (unpaired) electrons. The van der Waals surface area contributed by atoms with Gasteiger partial charge < -0.3 is 5.73 Å². The minimum Gasteiger partial charge on any atom is -0.388 e. The van der Waals surface area contributed by atoms with Gasteiger partial charge in [-0.15, -0.1) is 0 Å². The first-order valence-electron chi connectivity index (χ1n) is 2.18. The van der Waals surface area contributed by atoms with Gasteiger partial charge in [0, 0.05) is 0 Å². The zero-order valence-corrected chi connectivity index (χ0v) is 5.44. The molecule has 0 aromatic heterocycles. The Balaban J connectivity index is 3.92. The number of carbonyl (C=O) groups is 1. The molecule has 0 fully saturated rings. The van der Waals surface area contributed by atoms with Gasteiger partial charge >= 0.3 is 0 Å². The summed E-state index contributed by atoms with van der Waals surface area (Å²) in [6.07, 6.45) is 2.98. The lowest BCUT2D eigenvalue weighted by Crippen LogP contribution is -2.17. The second kappa shape index (κ2) is 3.91. The number of rotatable bonds is 3. The summed E-state index contributed by atoms with van der Waals surface area (Å²) in [4.78, 5) is 9.66. The molecule has 4 heteroatoms. The first kappa shape index (κ1) is 7.97. The van der Waals surface area contributed by atoms with Crippen molar-refractivity contribution in [1.82, 2.24) is 0 Å². The van der Waals surface area contributed by atoms with Crippen LogP contribution in [0, 0.1) is 5.41 Å². The van der Waals surface area contributed by atoms with Crippen molar-refractivity contribution in [2.45, 2.75) is 0 Å². The molecule has 0 atom stereocenters. The summed E-state index contributed by atoms with van der Waals surface area (Å²) >= 11 is 4.42. The van der Waals surface area contributed by atoms with E-state index < -0.39 is 0 Å². The highest BCUT2D eigenvalue weighted by Crippen LogP contribution is 1.75. The minimum absolute atomic E-state index is 0.00269. The highest BCUT2D eigenvalue weighted by molar-refractivity contribution is 7.82. The predicted octanol–water partition coefficient (Wildman–Crippen LogP) is 0.0474. The fourth-order valence-corrected chi connectivity index (χ4v) is 0.286. The first-order valence-corrected chi connectivity index (χ1v) is 2.59. The quantitative estimate of drug-likeness (QED) is 0.253. The van der Waals surface area contributed by atoms with Crippen molar-refractivity contribution in [1.29, 1.82) is 5.41 Å². The van der Waals surface area contributed by atoms with Gasteiger partial charge in [0.15, 0.2) is 0 Å². The van der Waals surface area contributed by atoms with Gasteiger partial charge in [0.25, 0.3) is 0 Å². The van der Waals surface area contributed by atoms with Crippen LogP contribution in [0.2, 0.25) is 0 Å². The second-order valence-corrected chi connectivity index (χ2v) is 1.71. The topological polar surface area (TPSA) is 66.9 Å². The van der Waals surface area contributed by atoms with Gasteiger partial charge in [-0.3, -0.25) is 10.2 Å². The molecule has 0 rings (SSSR count). The lowest BCUT2D eigenvalue weighted by atomic mass is 10.3. The van der Waals surface area contributed by atoms with E-state index in [2.05, 4.69) is 12.2 Å². The molecule has 0 heterocycles. The molecule has 0 aromatic carbocycles. The molecule has 0 saturated heterocycles. The van der Waals surface area contributed by atoms with E-state index in [-0.39, 0.29) is 10.7 Å². The van der Waals surface area contributed by atoms with Gasteiger partial charge in [-0.25, -0.2) is 0 Å². The van der Waals surface area contributed by atoms with E-state index in [9.17, 15) is 4.79 Å². The summed E-state index contributed by atoms with van der Waals surface area (Å²) in [6.45, 7) is 0. The van der Waals surface area contributed by atoms with Crippen molar-refractivity contribution in [2.24, 2.45) is 5.73 Å². The molecule has 0 aliphatic carbocycles. The maximum atomic E-state index is 9.66. The molecule has 0 saturated carbocycles. The minimum atomic E-state index is -0.00639. The Morgan fingerprint density at radius 2 is 2.22 bits per heavy atom. The average Bonchev–Trinajstić information content (AvgIpc) is 1.82. The number of aldehydes is 1. The maximum absolute atomic E-state index is 9.66. The Morgan fingerprint density at radius 3 is 2.56 bits per heavy atom. The number of carbonyl (C=O) groups excluding carboxylic acids is 1. The van der Waals surface area contributed by atoms with Crippen LogP contribution in [0.5, 0.6) is 0 Å². The number of thiocarbonyl (C=S) groups is 1. The van der Waals surface area contributed by atoms with Crippen molar-refractivity contribution in [3.63, 3.8) is 0 Å². The van der Waals surface area contributed by atoms with E-state index in [0.717, 1.165) is 0 Å². The molecule has 9 heavy (non-hydrogen) atoms. The van der Waals surface area contributed by atoms with Crippen LogP contribution < -0.4 is 5.73 Å². The van der Waals surface area contributed by atoms with Crippen LogP contribution in [0.4, 0.5) is 0 Å². The Morgan fingerprint density at radius 1 is 1.67 bits per heavy atom. The van der Waals surface area contributed by atoms with Gasteiger partial charge in [0.1, 0.15) is 11.3 Å². The molecular weight excluding hydrogens is 136 g/mol. The van der Waals surface area contributed by atoms with Crippen LogP contribution in [0.1, 0.15) is 0 Å². The van der Waals surface area contributed by atoms with Crippen LogP contribution in [0.15, 0.2) is 12.2 Å². The van der Waals surface area contributed by atoms with Crippen molar-refractivity contribution in [3.8, 4) is 0 Å². The van der Waals surface area contributed by atoms with E-state index in [4.69, 9.17) is 11.1 Å². The zero-order valence-electron chi connectivity index (χ0n) is 4.63. The van der Waals surface area contributed by atoms with Crippen LogP contribution in [-0.2, 0) is 4.79 Å². The van der Waals surface area contributed by atoms with Crippen molar-refractivity contribution in [3.05, 3.63) is 12.2 Å². The third kappa shape index (κ3) is 3.54. The van der Waals surface area contributed by atoms with Crippen LogP contribution in [0.3, 0.4) is 0 Å². The van der Waals surface area contributed by atoms with Crippen molar-refractivity contribution >= 4 is 29.2 Å². The Hall–Kier alpha value is -1.03. The van der Waals surface area contributed by atoms with Crippen LogP contribution in [-0.4, -0.2) is 17.0 Å². The summed E-state index contributed by atoms with van der Waals surface area (Å²) in [5.74, 6) is 0. The molecule has 0 amide bonds. The monoisotopic (exact) mass is 142 g/mol. The van der Waals surface area contributed by atoms with Crippen LogP contribution in [0.25, 0.3) is 0 Å². The fourth-order valence-electron chi connectivity index (χ4n) is 0.218. The fraction of sp³-hybridized carbons (Fsp3) is 0. The lowest BCUT2D eigenvalue weighted by Gasteiger charge is -1.87. The Labute approximate surface area is 58.1 Å². The van der Waals surface area contributed by atoms with Gasteiger partial charge in [-0.2, -0.15) is 0 Å². The van der Waals surface area contributed by atoms with E-state index in [0.29, 0.717) is 6.29 Å². The summed E-state index contributed by atoms with van der Waals surface area (Å²) in [5.41, 5.74) is 5.01. The summed E-state index contributed by atoms with van der Waals surface area (Å²) in [6, 6.07) is 0. The molecule has 0 aromatic rings. The smallest absolute Gasteiger partial charge is 0.142 e. The largest absolute Gasteiger partial charge is 0.388 e. The Bertz CT molecular complexity index is 174. The summed E-state index contributed by atoms with van der Waals surface area (Å²) < 4.78 is 0. The van der Waals surface area contributed by atoms with Gasteiger partial charge in [0.05, 0.1) is 5.71 Å². The normalized spacial score (nSPS) is 9.33. The van der Waals surface area contributed by atoms with Crippen molar-refractivity contribution in [2.75, 3.05) is 0 Å². The molecule has 0 unspecified atom stereocenters. The third-order valence-corrected chi connectivity index (χ3v) is 0.827. The molecule has 0 spiro atoms. The highest BCUT2D eigenvalue weighted by atomic mass is 32.1. The molecule has 0 bridgehead atoms. The number of nitrogens with two attached hydrogens (primary N) is 1. The van der Waals surface area contributed by atoms with Gasteiger partial charge in [-0.1, -0.05) is 12.2 Å². The second-order valence-electron chi connectivity index (χ2n) is 1.27. The zero-order chi connectivity index (χ0) is 7.28. The molecule has 0 aliphatic rings. The lowest BCUT2D eigenvalue weighted by molar-refractivity contribution is -0.104. The molecule has 3 nitrogen and oxygen atoms in total. The Kier molecular flexibility index (Phi) is 3.46. The number of hydrogen-bond donors (Lipinski definition) is 2. The SMILES string of the molecule is N=C(/C=C\C=O)C(N)=S. The van der Waals surface area contributed by atoms with E-state index >= 15 is 0 Å². The predicted molar refractivity (Wildman–Crippen MR) is 39.7 cm³/mol. The molecular formula is C5H6N2OS. The summed E-state index contributed by atoms with van der Waals surface area (Å²) in [7, 11) is 0. The van der Waals surface area contributed by atoms with Gasteiger partial charge in [-0.05, 0) is 12.2 Å². The maximum Gasteiger partial charge on any atom is 0.142 e. The third-order valence-electron chi connectivity index (χ3n) is 0.607. The average molecular weight is 142 g/mol. The van der Waals surface area contributed by atoms with Crippen LogP contribution >= 0.6 is 12.2 Å². The summed E-state index contributed by atoms with van der Waals surface area (Å²) in [5, 5.41) is 6.93. The number of allylic oxidation sites excluding steroid dienone is 1. The standard InChI is InChI=1S/C5H6N2OS/c6-4(5(7)9)2-1-3-8/h1-3,6H,(H2,7,9)/b2-1-,6-4?. The first-order chi connectivity index (χ1) is 4.18. The molecule has 0 aliphatic heterocycles. The van der Waals surface area contributed by atoms with E-state index in [1.807, 2.05) is 0 Å². The molecule has 48 valence electrons. The number of hydrogen-bond acceptors (Lipinski definition) is 3. The highest BCUT2D eigenvalue weighted by Gasteiger charge is 1.90. The number of nitrogens with one attached hydrogen (secondary N) is 1.